The Balaban J connectivity index is 1.65. The number of carbonyl (C=O) groups excluding carboxylic acids is 1. The standard InChI is InChI=1S/C27H31N3O4/c1-17-11-12-21-22(29(17)27(33)34-2)13-14-23-25(21)28-24(15-18-7-4-3-5-8-18)30(23)20-10-6-9-19(16-20)26(31)32/h3-5,7-8,13-14,17,19-20H,6,9-12,15-16H2,1-2H3,(H,31,32)/t17?,19-,20+/m1/s1. The van der Waals surface area contributed by atoms with Crippen molar-refractivity contribution < 1.29 is 19.4 Å². The first kappa shape index (κ1) is 22.4. The van der Waals surface area contributed by atoms with E-state index in [1.54, 1.807) is 4.90 Å². The van der Waals surface area contributed by atoms with Crippen molar-refractivity contribution in [3.05, 3.63) is 59.4 Å². The van der Waals surface area contributed by atoms with E-state index in [2.05, 4.69) is 16.7 Å². The van der Waals surface area contributed by atoms with Crippen molar-refractivity contribution in [2.45, 2.75) is 64.0 Å². The molecule has 0 saturated heterocycles. The molecule has 7 nitrogen and oxygen atoms in total. The molecule has 34 heavy (non-hydrogen) atoms. The van der Waals surface area contributed by atoms with Gasteiger partial charge in [-0.2, -0.15) is 0 Å². The Bertz CT molecular complexity index is 1220. The van der Waals surface area contributed by atoms with Gasteiger partial charge in [-0.25, -0.2) is 9.78 Å². The van der Waals surface area contributed by atoms with Crippen LogP contribution in [-0.4, -0.2) is 39.9 Å². The van der Waals surface area contributed by atoms with Gasteiger partial charge >= 0.3 is 12.1 Å². The fourth-order valence-electron chi connectivity index (χ4n) is 5.76. The van der Waals surface area contributed by atoms with Crippen LogP contribution in [0.2, 0.25) is 0 Å². The Kier molecular flexibility index (Phi) is 6.02. The third-order valence-electron chi connectivity index (χ3n) is 7.46. The number of hydrogen-bond donors (Lipinski definition) is 1. The number of hydrogen-bond acceptors (Lipinski definition) is 4. The predicted molar refractivity (Wildman–Crippen MR) is 130 cm³/mol. The van der Waals surface area contributed by atoms with Crippen LogP contribution in [0, 0.1) is 5.92 Å². The number of ether oxygens (including phenoxy) is 1. The number of imidazole rings is 1. The lowest BCUT2D eigenvalue weighted by atomic mass is 9.85. The minimum absolute atomic E-state index is 0.0537. The minimum Gasteiger partial charge on any atom is -0.481 e. The first-order chi connectivity index (χ1) is 16.5. The highest BCUT2D eigenvalue weighted by Crippen LogP contribution is 2.40. The lowest BCUT2D eigenvalue weighted by Crippen LogP contribution is -2.42. The Hall–Kier alpha value is -3.35. The number of anilines is 1. The molecule has 3 atom stereocenters. The van der Waals surface area contributed by atoms with Gasteiger partial charge in [0.05, 0.1) is 29.7 Å². The summed E-state index contributed by atoms with van der Waals surface area (Å²) in [4.78, 5) is 31.2. The first-order valence-corrected chi connectivity index (χ1v) is 12.1. The zero-order valence-corrected chi connectivity index (χ0v) is 19.7. The molecule has 3 aromatic rings. The molecule has 0 radical (unpaired) electrons. The second kappa shape index (κ2) is 9.12. The average molecular weight is 462 g/mol. The lowest BCUT2D eigenvalue weighted by molar-refractivity contribution is -0.143. The molecule has 1 unspecified atom stereocenters. The number of amides is 1. The van der Waals surface area contributed by atoms with E-state index in [1.165, 1.54) is 12.7 Å². The molecule has 1 saturated carbocycles. The Morgan fingerprint density at radius 1 is 1.12 bits per heavy atom. The molecule has 1 fully saturated rings. The van der Waals surface area contributed by atoms with Crippen molar-refractivity contribution in [3.63, 3.8) is 0 Å². The quantitative estimate of drug-likeness (QED) is 0.566. The van der Waals surface area contributed by atoms with Crippen molar-refractivity contribution in [1.82, 2.24) is 9.55 Å². The Morgan fingerprint density at radius 2 is 1.91 bits per heavy atom. The summed E-state index contributed by atoms with van der Waals surface area (Å²) in [5, 5.41) is 9.68. The number of aromatic nitrogens is 2. The highest BCUT2D eigenvalue weighted by Gasteiger charge is 2.34. The van der Waals surface area contributed by atoms with Gasteiger partial charge in [0, 0.05) is 24.1 Å². The summed E-state index contributed by atoms with van der Waals surface area (Å²) in [5.74, 6) is -0.0817. The molecule has 1 aliphatic carbocycles. The molecular weight excluding hydrogens is 430 g/mol. The molecule has 2 aliphatic rings. The summed E-state index contributed by atoms with van der Waals surface area (Å²) in [5.41, 5.74) is 5.05. The molecule has 1 aromatic heterocycles. The number of carboxylic acids is 1. The molecular formula is C27H31N3O4. The van der Waals surface area contributed by atoms with Crippen molar-refractivity contribution in [3.8, 4) is 0 Å². The van der Waals surface area contributed by atoms with E-state index >= 15 is 0 Å². The van der Waals surface area contributed by atoms with E-state index in [-0.39, 0.29) is 24.1 Å². The molecule has 1 amide bonds. The number of benzene rings is 2. The van der Waals surface area contributed by atoms with E-state index in [1.807, 2.05) is 37.3 Å². The van der Waals surface area contributed by atoms with Crippen LogP contribution in [0.1, 0.15) is 62.0 Å². The van der Waals surface area contributed by atoms with Crippen molar-refractivity contribution in [2.24, 2.45) is 5.92 Å². The van der Waals surface area contributed by atoms with Gasteiger partial charge in [-0.3, -0.25) is 9.69 Å². The SMILES string of the molecule is COC(=O)N1c2ccc3c(nc(Cc4ccccc4)n3[C@H]3CCC[C@@H](C(=O)O)C3)c2CCC1C. The highest BCUT2D eigenvalue weighted by atomic mass is 16.5. The van der Waals surface area contributed by atoms with Crippen LogP contribution in [0.25, 0.3) is 11.0 Å². The smallest absolute Gasteiger partial charge is 0.414 e. The van der Waals surface area contributed by atoms with Crippen LogP contribution in [0.15, 0.2) is 42.5 Å². The highest BCUT2D eigenvalue weighted by molar-refractivity contribution is 5.95. The van der Waals surface area contributed by atoms with Gasteiger partial charge in [0.2, 0.25) is 0 Å². The van der Waals surface area contributed by atoms with E-state index in [4.69, 9.17) is 9.72 Å². The molecule has 1 N–H and O–H groups in total. The number of aliphatic carboxylic acids is 1. The number of carboxylic acid groups (broad SMARTS) is 1. The topological polar surface area (TPSA) is 84.7 Å². The van der Waals surface area contributed by atoms with Crippen LogP contribution in [0.3, 0.4) is 0 Å². The molecule has 2 heterocycles. The van der Waals surface area contributed by atoms with Gasteiger partial charge in [0.15, 0.2) is 0 Å². The molecule has 178 valence electrons. The van der Waals surface area contributed by atoms with Gasteiger partial charge in [-0.15, -0.1) is 0 Å². The van der Waals surface area contributed by atoms with Crippen LogP contribution >= 0.6 is 0 Å². The maximum Gasteiger partial charge on any atom is 0.414 e. The van der Waals surface area contributed by atoms with E-state index in [0.29, 0.717) is 12.8 Å². The monoisotopic (exact) mass is 461 g/mol. The minimum atomic E-state index is -0.709. The van der Waals surface area contributed by atoms with Gasteiger partial charge in [-0.05, 0) is 56.7 Å². The molecule has 0 bridgehead atoms. The second-order valence-corrected chi connectivity index (χ2v) is 9.57. The fraction of sp³-hybridized carbons (Fsp3) is 0.444. The summed E-state index contributed by atoms with van der Waals surface area (Å²) in [7, 11) is 1.41. The zero-order valence-electron chi connectivity index (χ0n) is 19.7. The van der Waals surface area contributed by atoms with Gasteiger partial charge in [0.25, 0.3) is 0 Å². The van der Waals surface area contributed by atoms with Gasteiger partial charge in [0.1, 0.15) is 5.82 Å². The van der Waals surface area contributed by atoms with Crippen molar-refractivity contribution in [2.75, 3.05) is 12.0 Å². The van der Waals surface area contributed by atoms with Crippen molar-refractivity contribution in [1.29, 1.82) is 0 Å². The largest absolute Gasteiger partial charge is 0.481 e. The van der Waals surface area contributed by atoms with Crippen molar-refractivity contribution >= 4 is 28.8 Å². The average Bonchev–Trinajstić information content (AvgIpc) is 3.22. The molecule has 7 heteroatoms. The van der Waals surface area contributed by atoms with E-state index in [0.717, 1.165) is 60.2 Å². The first-order valence-electron chi connectivity index (χ1n) is 12.1. The van der Waals surface area contributed by atoms with Crippen LogP contribution in [0.4, 0.5) is 10.5 Å². The number of carbonyl (C=O) groups is 2. The third kappa shape index (κ3) is 3.93. The van der Waals surface area contributed by atoms with Crippen LogP contribution < -0.4 is 4.90 Å². The Labute approximate surface area is 199 Å². The molecule has 1 aliphatic heterocycles. The lowest BCUT2D eigenvalue weighted by Gasteiger charge is -2.34. The normalized spacial score (nSPS) is 22.4. The maximum absolute atomic E-state index is 12.6. The number of methoxy groups -OCH3 is 1. The number of nitrogens with zero attached hydrogens (tertiary/aromatic N) is 3. The summed E-state index contributed by atoms with van der Waals surface area (Å²) < 4.78 is 7.36. The zero-order chi connectivity index (χ0) is 23.8. The Morgan fingerprint density at radius 3 is 2.65 bits per heavy atom. The summed E-state index contributed by atoms with van der Waals surface area (Å²) in [6, 6.07) is 14.5. The van der Waals surface area contributed by atoms with Crippen LogP contribution in [0.5, 0.6) is 0 Å². The van der Waals surface area contributed by atoms with Gasteiger partial charge < -0.3 is 14.4 Å². The van der Waals surface area contributed by atoms with Crippen LogP contribution in [-0.2, 0) is 22.4 Å². The number of aryl methyl sites for hydroxylation is 1. The van der Waals surface area contributed by atoms with E-state index in [9.17, 15) is 14.7 Å². The summed E-state index contributed by atoms with van der Waals surface area (Å²) in [6.45, 7) is 2.04. The van der Waals surface area contributed by atoms with E-state index < -0.39 is 5.97 Å². The number of rotatable bonds is 4. The predicted octanol–water partition coefficient (Wildman–Crippen LogP) is 5.35. The summed E-state index contributed by atoms with van der Waals surface area (Å²) in [6.07, 6.45) is 5.19. The van der Waals surface area contributed by atoms with Gasteiger partial charge in [-0.1, -0.05) is 36.8 Å². The molecule has 2 aromatic carbocycles. The maximum atomic E-state index is 12.6. The second-order valence-electron chi connectivity index (χ2n) is 9.57. The third-order valence-corrected chi connectivity index (χ3v) is 7.46. The molecule has 5 rings (SSSR count). The fourth-order valence-corrected chi connectivity index (χ4v) is 5.76. The number of fused-ring (bicyclic) bond motifs is 3. The molecule has 0 spiro atoms. The summed E-state index contributed by atoms with van der Waals surface area (Å²) >= 11 is 0.